The van der Waals surface area contributed by atoms with E-state index < -0.39 is 11.6 Å². The van der Waals surface area contributed by atoms with Crippen molar-refractivity contribution in [3.05, 3.63) is 59.7 Å². The second-order valence-corrected chi connectivity index (χ2v) is 6.11. The molecule has 0 radical (unpaired) electrons. The van der Waals surface area contributed by atoms with Crippen molar-refractivity contribution in [2.75, 3.05) is 11.1 Å². The third-order valence-corrected chi connectivity index (χ3v) is 4.14. The highest BCUT2D eigenvalue weighted by Crippen LogP contribution is 2.20. The topological polar surface area (TPSA) is 29.1 Å². The number of hydrogen-bond donors (Lipinski definition) is 1. The number of hydrogen-bond acceptors (Lipinski definition) is 2. The van der Waals surface area contributed by atoms with Crippen molar-refractivity contribution in [1.82, 2.24) is 0 Å². The molecule has 0 heterocycles. The number of anilines is 1. The van der Waals surface area contributed by atoms with Crippen LogP contribution in [0.25, 0.3) is 0 Å². The zero-order valence-corrected chi connectivity index (χ0v) is 13.1. The van der Waals surface area contributed by atoms with Gasteiger partial charge < -0.3 is 5.32 Å². The fourth-order valence-corrected chi connectivity index (χ4v) is 2.71. The lowest BCUT2D eigenvalue weighted by atomic mass is 10.2. The van der Waals surface area contributed by atoms with Crippen LogP contribution < -0.4 is 5.32 Å². The summed E-state index contributed by atoms with van der Waals surface area (Å²) in [5.41, 5.74) is 1.22. The van der Waals surface area contributed by atoms with Crippen LogP contribution in [0, 0.1) is 18.6 Å². The number of carbonyl (C=O) groups is 1. The molecule has 22 heavy (non-hydrogen) atoms. The van der Waals surface area contributed by atoms with Crippen LogP contribution in [0.3, 0.4) is 0 Å². The molecule has 0 aliphatic carbocycles. The molecule has 2 aromatic carbocycles. The average Bonchev–Trinajstić information content (AvgIpc) is 2.48. The van der Waals surface area contributed by atoms with Crippen LogP contribution in [0.2, 0.25) is 0 Å². The van der Waals surface area contributed by atoms with E-state index in [9.17, 15) is 13.6 Å². The first kappa shape index (κ1) is 16.5. The molecule has 0 atom stereocenters. The van der Waals surface area contributed by atoms with E-state index in [4.69, 9.17) is 0 Å². The molecule has 0 unspecified atom stereocenters. The molecule has 1 N–H and O–H groups in total. The van der Waals surface area contributed by atoms with Crippen molar-refractivity contribution in [3.63, 3.8) is 0 Å². The highest BCUT2D eigenvalue weighted by molar-refractivity contribution is 7.99. The van der Waals surface area contributed by atoms with Crippen molar-refractivity contribution in [1.29, 1.82) is 0 Å². The number of rotatable bonds is 6. The number of nitrogens with one attached hydrogen (secondary N) is 1. The number of carbonyl (C=O) groups excluding carboxylic acids is 1. The summed E-state index contributed by atoms with van der Waals surface area (Å²) in [5, 5.41) is 2.45. The van der Waals surface area contributed by atoms with Crippen molar-refractivity contribution < 1.29 is 13.6 Å². The molecule has 0 fully saturated rings. The highest BCUT2D eigenvalue weighted by Gasteiger charge is 2.07. The number of benzene rings is 2. The Balaban J connectivity index is 1.72. The zero-order chi connectivity index (χ0) is 15.9. The van der Waals surface area contributed by atoms with Gasteiger partial charge in [0.15, 0.2) is 0 Å². The van der Waals surface area contributed by atoms with Crippen LogP contribution in [0.5, 0.6) is 0 Å². The molecule has 0 saturated heterocycles. The van der Waals surface area contributed by atoms with Crippen LogP contribution in [-0.2, 0) is 4.79 Å². The van der Waals surface area contributed by atoms with E-state index >= 15 is 0 Å². The summed E-state index contributed by atoms with van der Waals surface area (Å²) in [7, 11) is 0. The summed E-state index contributed by atoms with van der Waals surface area (Å²) in [6.07, 6.45) is 0.989. The van der Waals surface area contributed by atoms with Gasteiger partial charge in [0.2, 0.25) is 5.91 Å². The maximum Gasteiger partial charge on any atom is 0.224 e. The molecular weight excluding hydrogens is 304 g/mol. The zero-order valence-electron chi connectivity index (χ0n) is 12.2. The first-order valence-electron chi connectivity index (χ1n) is 6.99. The van der Waals surface area contributed by atoms with Gasteiger partial charge in [-0.25, -0.2) is 8.78 Å². The molecule has 0 bridgehead atoms. The standard InChI is InChI=1S/C17H17F2NOS/c1-12-4-7-14(8-5-12)22-10-2-3-17(21)20-16-9-6-13(18)11-15(16)19/h4-9,11H,2-3,10H2,1H3,(H,20,21). The Kier molecular flexibility index (Phi) is 5.95. The average molecular weight is 321 g/mol. The van der Waals surface area contributed by atoms with Crippen LogP contribution in [0.15, 0.2) is 47.4 Å². The Hall–Kier alpha value is -1.88. The fraction of sp³-hybridized carbons (Fsp3) is 0.235. The summed E-state index contributed by atoms with van der Waals surface area (Å²) >= 11 is 1.68. The first-order chi connectivity index (χ1) is 10.5. The minimum Gasteiger partial charge on any atom is -0.324 e. The van der Waals surface area contributed by atoms with Gasteiger partial charge in [0.05, 0.1) is 5.69 Å². The van der Waals surface area contributed by atoms with E-state index in [-0.39, 0.29) is 11.6 Å². The van der Waals surface area contributed by atoms with Crippen molar-refractivity contribution >= 4 is 23.4 Å². The van der Waals surface area contributed by atoms with Crippen LogP contribution in [0.4, 0.5) is 14.5 Å². The van der Waals surface area contributed by atoms with E-state index in [0.717, 1.165) is 22.8 Å². The quantitative estimate of drug-likeness (QED) is 0.612. The first-order valence-corrected chi connectivity index (χ1v) is 7.97. The van der Waals surface area contributed by atoms with E-state index in [1.807, 2.05) is 31.2 Å². The molecule has 0 spiro atoms. The fourth-order valence-electron chi connectivity index (χ4n) is 1.86. The minimum atomic E-state index is -0.762. The van der Waals surface area contributed by atoms with Gasteiger partial charge in [-0.15, -0.1) is 11.8 Å². The molecule has 0 aliphatic heterocycles. The number of amides is 1. The monoisotopic (exact) mass is 321 g/mol. The largest absolute Gasteiger partial charge is 0.324 e. The Labute approximate surface area is 132 Å². The van der Waals surface area contributed by atoms with Gasteiger partial charge in [-0.05, 0) is 43.4 Å². The maximum absolute atomic E-state index is 13.4. The van der Waals surface area contributed by atoms with Gasteiger partial charge in [0.1, 0.15) is 11.6 Å². The van der Waals surface area contributed by atoms with Crippen molar-refractivity contribution in [3.8, 4) is 0 Å². The van der Waals surface area contributed by atoms with Crippen LogP contribution in [0.1, 0.15) is 18.4 Å². The Morgan fingerprint density at radius 2 is 1.86 bits per heavy atom. The van der Waals surface area contributed by atoms with Crippen LogP contribution >= 0.6 is 11.8 Å². The van der Waals surface area contributed by atoms with Gasteiger partial charge in [-0.2, -0.15) is 0 Å². The third-order valence-electron chi connectivity index (χ3n) is 3.04. The number of thioether (sulfide) groups is 1. The van der Waals surface area contributed by atoms with Crippen molar-refractivity contribution in [2.45, 2.75) is 24.7 Å². The van der Waals surface area contributed by atoms with E-state index in [0.29, 0.717) is 12.8 Å². The summed E-state index contributed by atoms with van der Waals surface area (Å²) in [5.74, 6) is -0.884. The summed E-state index contributed by atoms with van der Waals surface area (Å²) < 4.78 is 26.2. The predicted molar refractivity (Wildman–Crippen MR) is 86.1 cm³/mol. The Bertz CT molecular complexity index is 644. The molecule has 2 nitrogen and oxygen atoms in total. The Morgan fingerprint density at radius 3 is 2.55 bits per heavy atom. The number of halogens is 2. The second-order valence-electron chi connectivity index (χ2n) is 4.94. The molecule has 0 aliphatic rings. The smallest absolute Gasteiger partial charge is 0.224 e. The summed E-state index contributed by atoms with van der Waals surface area (Å²) in [6.45, 7) is 2.04. The molecule has 2 aromatic rings. The van der Waals surface area contributed by atoms with E-state index in [2.05, 4.69) is 5.32 Å². The van der Waals surface area contributed by atoms with Gasteiger partial charge >= 0.3 is 0 Å². The normalized spacial score (nSPS) is 10.5. The van der Waals surface area contributed by atoms with Crippen molar-refractivity contribution in [2.24, 2.45) is 0 Å². The lowest BCUT2D eigenvalue weighted by Gasteiger charge is -2.06. The Morgan fingerprint density at radius 1 is 1.14 bits per heavy atom. The maximum atomic E-state index is 13.4. The SMILES string of the molecule is Cc1ccc(SCCCC(=O)Nc2ccc(F)cc2F)cc1. The van der Waals surface area contributed by atoms with Gasteiger partial charge in [0, 0.05) is 17.4 Å². The molecule has 116 valence electrons. The third kappa shape index (κ3) is 5.15. The molecule has 5 heteroatoms. The summed E-state index contributed by atoms with van der Waals surface area (Å²) in [6, 6.07) is 11.3. The second kappa shape index (κ2) is 7.94. The molecular formula is C17H17F2NOS. The van der Waals surface area contributed by atoms with Gasteiger partial charge in [0.25, 0.3) is 0 Å². The molecule has 1 amide bonds. The summed E-state index contributed by atoms with van der Waals surface area (Å²) in [4.78, 5) is 12.9. The lowest BCUT2D eigenvalue weighted by molar-refractivity contribution is -0.116. The number of aryl methyl sites for hydroxylation is 1. The predicted octanol–water partition coefficient (Wildman–Crippen LogP) is 4.78. The van der Waals surface area contributed by atoms with E-state index in [1.165, 1.54) is 11.6 Å². The molecule has 0 saturated carbocycles. The lowest BCUT2D eigenvalue weighted by Crippen LogP contribution is -2.12. The van der Waals surface area contributed by atoms with Gasteiger partial charge in [-0.1, -0.05) is 17.7 Å². The van der Waals surface area contributed by atoms with E-state index in [1.54, 1.807) is 11.8 Å². The van der Waals surface area contributed by atoms with Crippen LogP contribution in [-0.4, -0.2) is 11.7 Å². The minimum absolute atomic E-state index is 0.0117. The highest BCUT2D eigenvalue weighted by atomic mass is 32.2. The molecule has 0 aromatic heterocycles. The molecule has 2 rings (SSSR count). The van der Waals surface area contributed by atoms with Gasteiger partial charge in [-0.3, -0.25) is 4.79 Å².